The van der Waals surface area contributed by atoms with Crippen molar-refractivity contribution in [2.75, 3.05) is 26.2 Å². The summed E-state index contributed by atoms with van der Waals surface area (Å²) < 4.78 is 0. The number of rotatable bonds is 64. The average molecular weight is 1860 g/mol. The molecule has 2 aromatic rings. The van der Waals surface area contributed by atoms with Gasteiger partial charge in [-0.3, -0.25) is 101 Å². The second-order valence-corrected chi connectivity index (χ2v) is 32.4. The van der Waals surface area contributed by atoms with Gasteiger partial charge >= 0.3 is 29.8 Å². The van der Waals surface area contributed by atoms with Crippen LogP contribution in [-0.2, 0) is 112 Å². The van der Waals surface area contributed by atoms with Gasteiger partial charge in [-0.25, -0.2) is 4.79 Å². The zero-order chi connectivity index (χ0) is 98.6. The molecule has 1 aliphatic heterocycles. The Morgan fingerprint density at radius 2 is 0.779 bits per heavy atom. The number of nitrogens with one attached hydrogen (secondary N) is 14. The summed E-state index contributed by atoms with van der Waals surface area (Å²) in [7, 11) is 0. The number of para-hydroxylation sites is 1. The van der Waals surface area contributed by atoms with Crippen LogP contribution in [0.2, 0.25) is 0 Å². The summed E-state index contributed by atoms with van der Waals surface area (Å²) in [6, 6.07) is -20.0. The summed E-state index contributed by atoms with van der Waals surface area (Å²) in [5.41, 5.74) is 40.6. The Hall–Kier alpha value is -13.1. The number of benzene rings is 1. The second kappa shape index (κ2) is 57.1. The third-order valence-corrected chi connectivity index (χ3v) is 21.2. The zero-order valence-corrected chi connectivity index (χ0v) is 73.7. The second-order valence-electron chi connectivity index (χ2n) is 32.4. The van der Waals surface area contributed by atoms with E-state index in [4.69, 9.17) is 40.1 Å². The number of carboxylic acid groups (broad SMARTS) is 5. The number of nitrogens with two attached hydrogens (primary N) is 7. The number of nitrogens with zero attached hydrogens (tertiary/aromatic N) is 1. The van der Waals surface area contributed by atoms with Crippen LogP contribution < -0.4 is 109 Å². The molecule has 0 saturated carbocycles. The fourth-order valence-electron chi connectivity index (χ4n) is 13.8. The van der Waals surface area contributed by atoms with Crippen molar-refractivity contribution in [3.05, 3.63) is 36.0 Å². The number of unbranched alkanes of at least 4 members (excludes halogenated alkanes) is 3. The number of aliphatic hydroxyl groups excluding tert-OH is 1. The Bertz CT molecular complexity index is 4340. The maximum absolute atomic E-state index is 14.8. The number of likely N-dealkylation sites (tertiary alicyclic amines) is 1. The lowest BCUT2D eigenvalue weighted by molar-refractivity contribution is -0.144. The first kappa shape index (κ1) is 112. The number of amides is 17. The van der Waals surface area contributed by atoms with Crippen LogP contribution in [0.5, 0.6) is 0 Å². The van der Waals surface area contributed by atoms with Gasteiger partial charge in [-0.1, -0.05) is 52.3 Å². The number of carbonyl (C=O) groups is 22. The minimum absolute atomic E-state index is 0.0371. The Balaban J connectivity index is 2.00. The Morgan fingerprint density at radius 3 is 1.21 bits per heavy atom. The molecule has 50 heteroatoms. The maximum Gasteiger partial charge on any atom is 0.326 e. The summed E-state index contributed by atoms with van der Waals surface area (Å²) in [5.74, 6) is -28.8. The average Bonchev–Trinajstić information content (AvgIpc) is 1.71. The standard InChI is InChI=1S/C81H128N22O28/c1-6-40(4)65(88)78(127)99-53(34-58(85)105)74(123)93-47(22-25-61(108)109)68(117)91-48(23-26-62(110)111)69(118)96-51(32-39(2)3)72(121)101-56(36-60(87)107)80(129)103-31-15-21-57(103)77(126)94-46(19-10-13-29-83)71(120)102-66(41(5)104)79(128)100-54(35-59(86)106)75(124)90-45(18-9-12-28-82)67(116)97-52(33-42-38-89-44-17-8-7-16-43(42)44)73(122)92-49(24-27-63(112)113)70(119)98-55(37-64(114)115)76(125)95-50(81(130)131)20-11-14-30-84/h7-8,16-17,38-41,45-57,65-66,89,104H,6,9-15,18-37,82-84,88H2,1-5H3,(H2,85,105)(H2,86,106)(H2,87,107)(H,90,124)(H,91,117)(H,92,122)(H,93,123)(H,94,126)(H,95,125)(H,96,118)(H,97,116)(H,98,119)(H,99,127)(H,100,128)(H,101,121)(H,102,120)(H,108,109)(H,110,111)(H,112,113)(H,114,115)(H,130,131)/t40-,41+,45-,46-,47-,48-,49-,50-,51-,52-,53-,54-,55-,56-,57-,65-,66-/m0/s1. The van der Waals surface area contributed by atoms with Gasteiger partial charge in [0.25, 0.3) is 0 Å². The molecule has 0 aliphatic carbocycles. The van der Waals surface area contributed by atoms with Gasteiger partial charge in [-0.2, -0.15) is 0 Å². The molecule has 131 heavy (non-hydrogen) atoms. The molecule has 730 valence electrons. The van der Waals surface area contributed by atoms with E-state index in [0.717, 1.165) is 11.8 Å². The molecule has 1 aliphatic rings. The van der Waals surface area contributed by atoms with Crippen molar-refractivity contribution in [2.24, 2.45) is 52.0 Å². The highest BCUT2D eigenvalue weighted by Gasteiger charge is 2.44. The molecule has 0 spiro atoms. The lowest BCUT2D eigenvalue weighted by Gasteiger charge is -2.31. The van der Waals surface area contributed by atoms with Crippen molar-refractivity contribution >= 4 is 141 Å². The molecule has 1 fully saturated rings. The number of aromatic amines is 1. The van der Waals surface area contributed by atoms with Gasteiger partial charge in [-0.05, 0) is 146 Å². The first-order valence-corrected chi connectivity index (χ1v) is 43.0. The Kier molecular flexibility index (Phi) is 48.8. The summed E-state index contributed by atoms with van der Waals surface area (Å²) in [5, 5.41) is 90.6. The number of hydrogen-bond acceptors (Lipinski definition) is 27. The quantitative estimate of drug-likeness (QED) is 0.0274. The van der Waals surface area contributed by atoms with Crippen molar-refractivity contribution in [1.29, 1.82) is 0 Å². The lowest BCUT2D eigenvalue weighted by Crippen LogP contribution is -2.62. The van der Waals surface area contributed by atoms with Crippen LogP contribution in [0.3, 0.4) is 0 Å². The van der Waals surface area contributed by atoms with E-state index < -0.39 is 309 Å². The topological polar surface area (TPSA) is 854 Å². The highest BCUT2D eigenvalue weighted by atomic mass is 16.4. The number of aliphatic carboxylic acids is 5. The number of primary amides is 3. The van der Waals surface area contributed by atoms with E-state index >= 15 is 0 Å². The summed E-state index contributed by atoms with van der Waals surface area (Å²) in [4.78, 5) is 302. The summed E-state index contributed by atoms with van der Waals surface area (Å²) in [6.45, 7) is 7.60. The van der Waals surface area contributed by atoms with Gasteiger partial charge in [0.05, 0.1) is 37.8 Å². The highest BCUT2D eigenvalue weighted by molar-refractivity contribution is 6.03. The highest BCUT2D eigenvalue weighted by Crippen LogP contribution is 2.23. The predicted molar refractivity (Wildman–Crippen MR) is 461 cm³/mol. The number of hydrogen-bond donors (Lipinski definition) is 27. The van der Waals surface area contributed by atoms with E-state index in [0.29, 0.717) is 29.3 Å². The normalized spacial score (nSPS) is 16.0. The van der Waals surface area contributed by atoms with E-state index in [1.807, 2.05) is 0 Å². The molecule has 17 atom stereocenters. The van der Waals surface area contributed by atoms with Crippen LogP contribution in [-0.4, -0.2) is 294 Å². The number of aliphatic hydroxyl groups is 1. The molecule has 3 rings (SSSR count). The lowest BCUT2D eigenvalue weighted by atomic mass is 9.98. The minimum atomic E-state index is -2.07. The van der Waals surface area contributed by atoms with Crippen molar-refractivity contribution in [2.45, 2.75) is 285 Å². The molecular formula is C81H128N22O28. The molecule has 1 aromatic carbocycles. The summed E-state index contributed by atoms with van der Waals surface area (Å²) in [6.07, 6.45) is -8.85. The van der Waals surface area contributed by atoms with E-state index in [9.17, 15) is 136 Å². The molecule has 1 saturated heterocycles. The van der Waals surface area contributed by atoms with Crippen LogP contribution in [0.4, 0.5) is 0 Å². The molecular weight excluding hydrogens is 1730 g/mol. The third-order valence-electron chi connectivity index (χ3n) is 21.2. The van der Waals surface area contributed by atoms with Crippen LogP contribution in [0.1, 0.15) is 188 Å². The molecule has 0 bridgehead atoms. The number of H-pyrrole nitrogens is 1. The molecule has 2 heterocycles. The van der Waals surface area contributed by atoms with Crippen LogP contribution >= 0.6 is 0 Å². The SMILES string of the molecule is CC[C@H](C)[C@H](N)C(=O)N[C@@H](CC(N)=O)C(=O)N[C@@H](CCC(=O)O)C(=O)N[C@@H](CCC(=O)O)C(=O)N[C@@H](CC(C)C)C(=O)N[C@@H](CC(N)=O)C(=O)N1CCC[C@H]1C(=O)N[C@@H](CCCCN)C(=O)N[C@H](C(=O)N[C@@H](CC(N)=O)C(=O)N[C@@H](CCCCN)C(=O)N[C@@H](Cc1c[nH]c2ccccc12)C(=O)N[C@@H](CCC(=O)O)C(=O)N[C@@H](CC(=O)O)C(=O)N[C@@H](CCCCN)C(=O)O)[C@@H](C)O. The van der Waals surface area contributed by atoms with Gasteiger partial charge in [0.1, 0.15) is 84.6 Å². The molecule has 0 radical (unpaired) electrons. The molecule has 17 amide bonds. The van der Waals surface area contributed by atoms with Gasteiger partial charge in [0.15, 0.2) is 0 Å². The van der Waals surface area contributed by atoms with E-state index in [2.05, 4.69) is 74.1 Å². The van der Waals surface area contributed by atoms with E-state index in [1.165, 1.54) is 6.20 Å². The van der Waals surface area contributed by atoms with Crippen molar-refractivity contribution in [1.82, 2.24) is 79.0 Å². The number of carbonyl (C=O) groups excluding carboxylic acids is 17. The van der Waals surface area contributed by atoms with Gasteiger partial charge < -0.3 is 150 Å². The first-order chi connectivity index (χ1) is 61.7. The van der Waals surface area contributed by atoms with Crippen molar-refractivity contribution in [3.8, 4) is 0 Å². The smallest absolute Gasteiger partial charge is 0.326 e. The number of carboxylic acids is 5. The maximum atomic E-state index is 14.8. The molecule has 34 N–H and O–H groups in total. The molecule has 50 nitrogen and oxygen atoms in total. The summed E-state index contributed by atoms with van der Waals surface area (Å²) >= 11 is 0. The minimum Gasteiger partial charge on any atom is -0.481 e. The predicted octanol–water partition coefficient (Wildman–Crippen LogP) is -8.03. The zero-order valence-electron chi connectivity index (χ0n) is 73.7. The molecule has 1 aromatic heterocycles. The van der Waals surface area contributed by atoms with Crippen molar-refractivity contribution < 1.29 is 136 Å². The van der Waals surface area contributed by atoms with Crippen LogP contribution in [0, 0.1) is 11.8 Å². The van der Waals surface area contributed by atoms with Crippen molar-refractivity contribution in [3.63, 3.8) is 0 Å². The third kappa shape index (κ3) is 39.8. The van der Waals surface area contributed by atoms with Gasteiger partial charge in [0, 0.05) is 49.3 Å². The van der Waals surface area contributed by atoms with Crippen LogP contribution in [0.15, 0.2) is 30.5 Å². The first-order valence-electron chi connectivity index (χ1n) is 43.0. The van der Waals surface area contributed by atoms with E-state index in [1.54, 1.807) is 52.0 Å². The number of fused-ring (bicyclic) bond motifs is 1. The Labute approximate surface area is 753 Å². The van der Waals surface area contributed by atoms with E-state index in [-0.39, 0.29) is 96.8 Å². The van der Waals surface area contributed by atoms with Gasteiger partial charge in [0.2, 0.25) is 100 Å². The fraction of sp³-hybridized carbons (Fsp3) is 0.630. The fourth-order valence-corrected chi connectivity index (χ4v) is 13.8. The molecule has 0 unspecified atom stereocenters. The monoisotopic (exact) mass is 1860 g/mol. The number of aromatic nitrogens is 1. The Morgan fingerprint density at radius 1 is 0.420 bits per heavy atom. The van der Waals surface area contributed by atoms with Gasteiger partial charge in [-0.15, -0.1) is 0 Å². The van der Waals surface area contributed by atoms with Crippen LogP contribution in [0.25, 0.3) is 10.9 Å². The largest absolute Gasteiger partial charge is 0.481 e.